The molecule has 1 aromatic rings. The first-order chi connectivity index (χ1) is 5.65. The van der Waals surface area contributed by atoms with E-state index in [4.69, 9.17) is 5.73 Å². The largest absolute Gasteiger partial charge is 0.393 e. The van der Waals surface area contributed by atoms with Gasteiger partial charge in [-0.3, -0.25) is 14.9 Å². The number of nitrogens with zero attached hydrogens (tertiary/aromatic N) is 1. The van der Waals surface area contributed by atoms with Gasteiger partial charge in [-0.1, -0.05) is 0 Å². The molecule has 0 fully saturated rings. The van der Waals surface area contributed by atoms with Crippen molar-refractivity contribution in [3.63, 3.8) is 0 Å². The van der Waals surface area contributed by atoms with Gasteiger partial charge in [0.15, 0.2) is 0 Å². The molecule has 0 radical (unpaired) electrons. The van der Waals surface area contributed by atoms with Gasteiger partial charge in [-0.05, 0) is 12.1 Å². The molecule has 0 bridgehead atoms. The van der Waals surface area contributed by atoms with Crippen molar-refractivity contribution < 1.29 is 9.72 Å². The van der Waals surface area contributed by atoms with E-state index in [-0.39, 0.29) is 11.4 Å². The van der Waals surface area contributed by atoms with Crippen molar-refractivity contribution in [3.05, 3.63) is 33.9 Å². The van der Waals surface area contributed by atoms with Crippen molar-refractivity contribution in [2.75, 3.05) is 5.73 Å². The Morgan fingerprint density at radius 3 is 2.58 bits per heavy atom. The number of aldehydes is 1. The summed E-state index contributed by atoms with van der Waals surface area (Å²) in [4.78, 5) is 19.9. The maximum absolute atomic E-state index is 10.3. The van der Waals surface area contributed by atoms with Gasteiger partial charge in [-0.25, -0.2) is 0 Å². The number of nitro groups is 1. The third kappa shape index (κ3) is 1.39. The summed E-state index contributed by atoms with van der Waals surface area (Å²) in [5, 5.41) is 10.3. The fourth-order valence-corrected chi connectivity index (χ4v) is 0.813. The van der Waals surface area contributed by atoms with Gasteiger partial charge in [0.1, 0.15) is 12.0 Å². The van der Waals surface area contributed by atoms with Crippen LogP contribution in [0.4, 0.5) is 11.4 Å². The van der Waals surface area contributed by atoms with Crippen molar-refractivity contribution in [3.8, 4) is 0 Å². The first-order valence-electron chi connectivity index (χ1n) is 3.14. The number of benzene rings is 1. The summed E-state index contributed by atoms with van der Waals surface area (Å²) >= 11 is 0. The fraction of sp³-hybridized carbons (Fsp3) is 0. The van der Waals surface area contributed by atoms with Gasteiger partial charge in [0.05, 0.1) is 4.92 Å². The van der Waals surface area contributed by atoms with Crippen LogP contribution in [0, 0.1) is 10.1 Å². The number of carbonyl (C=O) groups is 1. The van der Waals surface area contributed by atoms with E-state index in [9.17, 15) is 14.9 Å². The highest BCUT2D eigenvalue weighted by atomic mass is 16.6. The summed E-state index contributed by atoms with van der Waals surface area (Å²) in [6.45, 7) is 0. The highest BCUT2D eigenvalue weighted by Gasteiger charge is 2.10. The van der Waals surface area contributed by atoms with Gasteiger partial charge in [0.25, 0.3) is 5.69 Å². The molecule has 0 unspecified atom stereocenters. The number of hydrogen-bond acceptors (Lipinski definition) is 4. The van der Waals surface area contributed by atoms with Crippen LogP contribution in [0.25, 0.3) is 0 Å². The van der Waals surface area contributed by atoms with Crippen LogP contribution in [0.2, 0.25) is 0 Å². The van der Waals surface area contributed by atoms with E-state index >= 15 is 0 Å². The second-order valence-electron chi connectivity index (χ2n) is 2.19. The first-order valence-corrected chi connectivity index (χ1v) is 3.14. The lowest BCUT2D eigenvalue weighted by Crippen LogP contribution is -1.96. The maximum atomic E-state index is 10.3. The Balaban J connectivity index is 3.20. The van der Waals surface area contributed by atoms with Crippen molar-refractivity contribution >= 4 is 17.7 Å². The molecule has 0 spiro atoms. The molecule has 12 heavy (non-hydrogen) atoms. The van der Waals surface area contributed by atoms with Crippen LogP contribution in [-0.2, 0) is 0 Å². The van der Waals surface area contributed by atoms with Crippen LogP contribution in [0.1, 0.15) is 10.4 Å². The summed E-state index contributed by atoms with van der Waals surface area (Å²) in [6, 6.07) is 3.83. The molecule has 0 saturated carbocycles. The number of nitro benzene ring substituents is 1. The predicted molar refractivity (Wildman–Crippen MR) is 42.9 cm³/mol. The van der Waals surface area contributed by atoms with Crippen LogP contribution in [0.15, 0.2) is 18.2 Å². The Hall–Kier alpha value is -1.91. The van der Waals surface area contributed by atoms with Gasteiger partial charge in [-0.15, -0.1) is 0 Å². The molecule has 0 aliphatic rings. The summed E-state index contributed by atoms with van der Waals surface area (Å²) in [7, 11) is 0. The summed E-state index contributed by atoms with van der Waals surface area (Å²) in [6.07, 6.45) is 0.583. The summed E-state index contributed by atoms with van der Waals surface area (Å²) in [5.41, 5.74) is 5.45. The molecule has 62 valence electrons. The lowest BCUT2D eigenvalue weighted by molar-refractivity contribution is -0.383. The Kier molecular flexibility index (Phi) is 2.05. The lowest BCUT2D eigenvalue weighted by Gasteiger charge is -1.96. The molecule has 0 atom stereocenters. The Morgan fingerprint density at radius 2 is 2.17 bits per heavy atom. The molecule has 2 N–H and O–H groups in total. The molecule has 5 heteroatoms. The van der Waals surface area contributed by atoms with Crippen LogP contribution in [0.5, 0.6) is 0 Å². The van der Waals surface area contributed by atoms with E-state index in [1.807, 2.05) is 0 Å². The average molecular weight is 166 g/mol. The molecule has 0 saturated heterocycles. The normalized spacial score (nSPS) is 9.33. The van der Waals surface area contributed by atoms with Gasteiger partial charge in [-0.2, -0.15) is 0 Å². The standard InChI is InChI=1S/C7H6N2O3/c8-6-3-5(4-10)1-2-7(6)9(11)12/h1-4H,8H2. The Labute approximate surface area is 68.0 Å². The third-order valence-corrected chi connectivity index (χ3v) is 1.38. The predicted octanol–water partition coefficient (Wildman–Crippen LogP) is 0.990. The van der Waals surface area contributed by atoms with Crippen LogP contribution >= 0.6 is 0 Å². The van der Waals surface area contributed by atoms with Crippen molar-refractivity contribution in [2.45, 2.75) is 0 Å². The first kappa shape index (κ1) is 8.19. The van der Waals surface area contributed by atoms with E-state index in [0.717, 1.165) is 0 Å². The van der Waals surface area contributed by atoms with Crippen molar-refractivity contribution in [1.29, 1.82) is 0 Å². The van der Waals surface area contributed by atoms with E-state index < -0.39 is 4.92 Å². The van der Waals surface area contributed by atoms with E-state index in [1.54, 1.807) is 0 Å². The molecule has 5 nitrogen and oxygen atoms in total. The van der Waals surface area contributed by atoms with Crippen molar-refractivity contribution in [1.82, 2.24) is 0 Å². The Bertz CT molecular complexity index is 335. The molecule has 0 aliphatic carbocycles. The SMILES string of the molecule is Nc1cc(C=O)ccc1[N+](=O)[O-]. The number of hydrogen-bond donors (Lipinski definition) is 1. The number of carbonyl (C=O) groups excluding carboxylic acids is 1. The molecule has 1 aromatic carbocycles. The summed E-state index contributed by atoms with van der Waals surface area (Å²) < 4.78 is 0. The van der Waals surface area contributed by atoms with Crippen LogP contribution < -0.4 is 5.73 Å². The Morgan fingerprint density at radius 1 is 1.50 bits per heavy atom. The molecule has 0 aliphatic heterocycles. The second-order valence-corrected chi connectivity index (χ2v) is 2.19. The number of rotatable bonds is 2. The highest BCUT2D eigenvalue weighted by Crippen LogP contribution is 2.20. The third-order valence-electron chi connectivity index (χ3n) is 1.38. The fourth-order valence-electron chi connectivity index (χ4n) is 0.813. The van der Waals surface area contributed by atoms with Gasteiger partial charge >= 0.3 is 0 Å². The van der Waals surface area contributed by atoms with Crippen LogP contribution in [-0.4, -0.2) is 11.2 Å². The number of anilines is 1. The average Bonchev–Trinajstić information content (AvgIpc) is 2.03. The summed E-state index contributed by atoms with van der Waals surface area (Å²) in [5.74, 6) is 0. The molecule has 0 aromatic heterocycles. The molecular weight excluding hydrogens is 160 g/mol. The smallest absolute Gasteiger partial charge is 0.292 e. The zero-order chi connectivity index (χ0) is 9.14. The molecule has 0 amide bonds. The number of nitrogen functional groups attached to an aromatic ring is 1. The number of nitrogens with two attached hydrogens (primary N) is 1. The quantitative estimate of drug-likeness (QED) is 0.307. The van der Waals surface area contributed by atoms with E-state index in [1.165, 1.54) is 18.2 Å². The zero-order valence-corrected chi connectivity index (χ0v) is 6.06. The van der Waals surface area contributed by atoms with Crippen LogP contribution in [0.3, 0.4) is 0 Å². The topological polar surface area (TPSA) is 86.2 Å². The second kappa shape index (κ2) is 3.00. The lowest BCUT2D eigenvalue weighted by atomic mass is 10.2. The minimum absolute atomic E-state index is 0.00426. The monoisotopic (exact) mass is 166 g/mol. The van der Waals surface area contributed by atoms with Gasteiger partial charge in [0, 0.05) is 11.6 Å². The molecule has 1 rings (SSSR count). The van der Waals surface area contributed by atoms with Crippen molar-refractivity contribution in [2.24, 2.45) is 0 Å². The minimum atomic E-state index is -0.593. The van der Waals surface area contributed by atoms with E-state index in [2.05, 4.69) is 0 Å². The highest BCUT2D eigenvalue weighted by molar-refractivity contribution is 5.79. The van der Waals surface area contributed by atoms with Gasteiger partial charge < -0.3 is 5.73 Å². The molecular formula is C7H6N2O3. The minimum Gasteiger partial charge on any atom is -0.393 e. The zero-order valence-electron chi connectivity index (χ0n) is 6.06. The van der Waals surface area contributed by atoms with Gasteiger partial charge in [0.2, 0.25) is 0 Å². The maximum Gasteiger partial charge on any atom is 0.292 e. The molecule has 0 heterocycles. The van der Waals surface area contributed by atoms with E-state index in [0.29, 0.717) is 11.8 Å².